The molecule has 1 spiro atoms. The summed E-state index contributed by atoms with van der Waals surface area (Å²) in [5, 5.41) is 0.125. The Balaban J connectivity index is 1.55. The lowest BCUT2D eigenvalue weighted by Gasteiger charge is -2.42. The van der Waals surface area contributed by atoms with Gasteiger partial charge in [-0.3, -0.25) is 9.69 Å². The minimum Gasteiger partial charge on any atom is -0.362 e. The summed E-state index contributed by atoms with van der Waals surface area (Å²) in [6, 6.07) is 14.7. The van der Waals surface area contributed by atoms with Crippen LogP contribution in [0.5, 0.6) is 0 Å². The molecule has 0 bridgehead atoms. The first-order valence-corrected chi connectivity index (χ1v) is 10.1. The second-order valence-corrected chi connectivity index (χ2v) is 7.96. The van der Waals surface area contributed by atoms with Crippen LogP contribution in [0.2, 0.25) is 5.02 Å². The highest BCUT2D eigenvalue weighted by Crippen LogP contribution is 2.33. The molecule has 2 aromatic rings. The van der Waals surface area contributed by atoms with E-state index in [2.05, 4.69) is 4.90 Å². The number of rotatable bonds is 3. The largest absolute Gasteiger partial charge is 0.362 e. The zero-order valence-electron chi connectivity index (χ0n) is 15.7. The fourth-order valence-corrected chi connectivity index (χ4v) is 4.27. The number of anilines is 1. The Labute approximate surface area is 169 Å². The van der Waals surface area contributed by atoms with Gasteiger partial charge in [-0.15, -0.1) is 0 Å². The van der Waals surface area contributed by atoms with Gasteiger partial charge in [-0.25, -0.2) is 4.39 Å². The van der Waals surface area contributed by atoms with Gasteiger partial charge in [0.2, 0.25) is 0 Å². The van der Waals surface area contributed by atoms with Crippen molar-refractivity contribution in [3.8, 4) is 0 Å². The van der Waals surface area contributed by atoms with E-state index >= 15 is 0 Å². The van der Waals surface area contributed by atoms with Crippen molar-refractivity contribution in [3.63, 3.8) is 0 Å². The highest BCUT2D eigenvalue weighted by Gasteiger charge is 2.47. The van der Waals surface area contributed by atoms with Crippen LogP contribution in [-0.4, -0.2) is 42.6 Å². The van der Waals surface area contributed by atoms with E-state index in [1.807, 2.05) is 41.3 Å². The van der Waals surface area contributed by atoms with Gasteiger partial charge < -0.3 is 9.64 Å². The van der Waals surface area contributed by atoms with Crippen LogP contribution in [0.3, 0.4) is 0 Å². The molecule has 148 valence electrons. The SMILES string of the molecule is O=C1N(c2ccccc2)CCCCC12CN(Cc1ccc(Cl)c(F)c1)CCO2. The van der Waals surface area contributed by atoms with Crippen LogP contribution in [0.1, 0.15) is 24.8 Å². The maximum atomic E-state index is 13.8. The molecule has 1 unspecified atom stereocenters. The van der Waals surface area contributed by atoms with Crippen molar-refractivity contribution in [1.82, 2.24) is 4.90 Å². The molecule has 6 heteroatoms. The molecule has 2 fully saturated rings. The van der Waals surface area contributed by atoms with E-state index in [0.29, 0.717) is 39.2 Å². The first-order valence-electron chi connectivity index (χ1n) is 9.75. The Hall–Kier alpha value is -1.95. The van der Waals surface area contributed by atoms with Crippen molar-refractivity contribution >= 4 is 23.2 Å². The summed E-state index contributed by atoms with van der Waals surface area (Å²) in [4.78, 5) is 17.6. The number of amides is 1. The number of hydrogen-bond acceptors (Lipinski definition) is 3. The molecule has 2 aliphatic rings. The van der Waals surface area contributed by atoms with Crippen molar-refractivity contribution in [2.24, 2.45) is 0 Å². The average molecular weight is 403 g/mol. The van der Waals surface area contributed by atoms with E-state index in [1.165, 1.54) is 6.07 Å². The van der Waals surface area contributed by atoms with Crippen LogP contribution in [0, 0.1) is 5.82 Å². The lowest BCUT2D eigenvalue weighted by Crippen LogP contribution is -2.59. The Morgan fingerprint density at radius 1 is 1.11 bits per heavy atom. The Kier molecular flexibility index (Phi) is 5.67. The first kappa shape index (κ1) is 19.4. The number of ether oxygens (including phenoxy) is 1. The van der Waals surface area contributed by atoms with Crippen LogP contribution in [0.4, 0.5) is 10.1 Å². The van der Waals surface area contributed by atoms with Gasteiger partial charge in [-0.05, 0) is 49.1 Å². The maximum absolute atomic E-state index is 13.8. The number of halogens is 2. The minimum absolute atomic E-state index is 0.0307. The van der Waals surface area contributed by atoms with E-state index in [1.54, 1.807) is 6.07 Å². The summed E-state index contributed by atoms with van der Waals surface area (Å²) < 4.78 is 19.9. The number of para-hydroxylation sites is 1. The molecule has 1 amide bonds. The first-order chi connectivity index (χ1) is 13.6. The van der Waals surface area contributed by atoms with Crippen molar-refractivity contribution in [2.45, 2.75) is 31.4 Å². The molecule has 2 aliphatic heterocycles. The Bertz CT molecular complexity index is 848. The number of carbonyl (C=O) groups is 1. The molecule has 0 radical (unpaired) electrons. The Morgan fingerprint density at radius 2 is 1.93 bits per heavy atom. The monoisotopic (exact) mass is 402 g/mol. The van der Waals surface area contributed by atoms with Crippen molar-refractivity contribution in [2.75, 3.05) is 31.1 Å². The van der Waals surface area contributed by atoms with Crippen LogP contribution in [-0.2, 0) is 16.1 Å². The molecule has 1 atom stereocenters. The highest BCUT2D eigenvalue weighted by molar-refractivity contribution is 6.30. The predicted molar refractivity (Wildman–Crippen MR) is 108 cm³/mol. The predicted octanol–water partition coefficient (Wildman–Crippen LogP) is 4.27. The third-order valence-corrected chi connectivity index (χ3v) is 5.88. The quantitative estimate of drug-likeness (QED) is 0.768. The maximum Gasteiger partial charge on any atom is 0.260 e. The molecule has 2 saturated heterocycles. The highest BCUT2D eigenvalue weighted by atomic mass is 35.5. The summed E-state index contributed by atoms with van der Waals surface area (Å²) in [7, 11) is 0. The molecule has 0 aromatic heterocycles. The summed E-state index contributed by atoms with van der Waals surface area (Å²) in [6.07, 6.45) is 2.60. The number of morpholine rings is 1. The summed E-state index contributed by atoms with van der Waals surface area (Å²) >= 11 is 5.79. The summed E-state index contributed by atoms with van der Waals surface area (Å²) in [5.74, 6) is -0.383. The summed E-state index contributed by atoms with van der Waals surface area (Å²) in [5.41, 5.74) is 0.921. The van der Waals surface area contributed by atoms with Gasteiger partial charge in [0, 0.05) is 31.9 Å². The molecular formula is C22H24ClFN2O2. The molecule has 28 heavy (non-hydrogen) atoms. The Morgan fingerprint density at radius 3 is 2.71 bits per heavy atom. The lowest BCUT2D eigenvalue weighted by atomic mass is 9.93. The van der Waals surface area contributed by atoms with Gasteiger partial charge in [0.15, 0.2) is 5.60 Å². The van der Waals surface area contributed by atoms with Crippen molar-refractivity contribution in [1.29, 1.82) is 0 Å². The minimum atomic E-state index is -0.838. The van der Waals surface area contributed by atoms with Crippen molar-refractivity contribution in [3.05, 3.63) is 64.9 Å². The average Bonchev–Trinajstić information content (AvgIpc) is 2.85. The molecule has 0 saturated carbocycles. The zero-order chi connectivity index (χ0) is 19.6. The zero-order valence-corrected chi connectivity index (χ0v) is 16.5. The second kappa shape index (κ2) is 8.19. The molecule has 2 aromatic carbocycles. The third-order valence-electron chi connectivity index (χ3n) is 5.57. The van der Waals surface area contributed by atoms with Gasteiger partial charge in [0.1, 0.15) is 5.82 Å². The topological polar surface area (TPSA) is 32.8 Å². The van der Waals surface area contributed by atoms with Gasteiger partial charge >= 0.3 is 0 Å². The number of carbonyl (C=O) groups excluding carboxylic acids is 1. The van der Waals surface area contributed by atoms with Crippen LogP contribution in [0.15, 0.2) is 48.5 Å². The van der Waals surface area contributed by atoms with E-state index in [0.717, 1.165) is 24.1 Å². The van der Waals surface area contributed by atoms with Crippen LogP contribution < -0.4 is 4.90 Å². The van der Waals surface area contributed by atoms with Crippen LogP contribution in [0.25, 0.3) is 0 Å². The van der Waals surface area contributed by atoms with Gasteiger partial charge in [0.05, 0.1) is 11.6 Å². The fraction of sp³-hybridized carbons (Fsp3) is 0.409. The normalized spacial score (nSPS) is 23.8. The van der Waals surface area contributed by atoms with E-state index < -0.39 is 11.4 Å². The van der Waals surface area contributed by atoms with E-state index in [-0.39, 0.29) is 10.9 Å². The molecule has 4 nitrogen and oxygen atoms in total. The second-order valence-electron chi connectivity index (χ2n) is 7.55. The summed E-state index contributed by atoms with van der Waals surface area (Å²) in [6.45, 7) is 2.99. The molecular weight excluding hydrogens is 379 g/mol. The van der Waals surface area contributed by atoms with Gasteiger partial charge in [-0.2, -0.15) is 0 Å². The van der Waals surface area contributed by atoms with E-state index in [9.17, 15) is 9.18 Å². The number of benzene rings is 2. The molecule has 0 aliphatic carbocycles. The number of hydrogen-bond donors (Lipinski definition) is 0. The standard InChI is InChI=1S/C22H24ClFN2O2/c23-19-9-8-17(14-20(19)24)15-25-12-13-28-22(16-25)10-4-5-11-26(21(22)27)18-6-2-1-3-7-18/h1-3,6-9,14H,4-5,10-13,15-16H2. The fourth-order valence-electron chi connectivity index (χ4n) is 4.16. The lowest BCUT2D eigenvalue weighted by molar-refractivity contribution is -0.158. The van der Waals surface area contributed by atoms with Crippen molar-refractivity contribution < 1.29 is 13.9 Å². The third kappa shape index (κ3) is 3.93. The van der Waals surface area contributed by atoms with Gasteiger partial charge in [-0.1, -0.05) is 35.9 Å². The molecule has 0 N–H and O–H groups in total. The molecule has 2 heterocycles. The van der Waals surface area contributed by atoms with Gasteiger partial charge in [0.25, 0.3) is 5.91 Å². The van der Waals surface area contributed by atoms with Crippen LogP contribution >= 0.6 is 11.6 Å². The van der Waals surface area contributed by atoms with E-state index in [4.69, 9.17) is 16.3 Å². The molecule has 4 rings (SSSR count). The number of nitrogens with zero attached hydrogens (tertiary/aromatic N) is 2. The smallest absolute Gasteiger partial charge is 0.260 e.